The lowest BCUT2D eigenvalue weighted by molar-refractivity contribution is 0.526. The van der Waals surface area contributed by atoms with Crippen molar-refractivity contribution in [1.82, 2.24) is 20.2 Å². The summed E-state index contributed by atoms with van der Waals surface area (Å²) in [6.45, 7) is 0.861. The first-order valence-electron chi connectivity index (χ1n) is 6.55. The fourth-order valence-corrected chi connectivity index (χ4v) is 2.62. The van der Waals surface area contributed by atoms with E-state index in [1.165, 1.54) is 19.3 Å². The first-order chi connectivity index (χ1) is 9.24. The van der Waals surface area contributed by atoms with Crippen molar-refractivity contribution in [2.75, 3.05) is 5.73 Å². The van der Waals surface area contributed by atoms with Crippen LogP contribution in [0.15, 0.2) is 22.7 Å². The van der Waals surface area contributed by atoms with Crippen LogP contribution >= 0.6 is 15.9 Å². The summed E-state index contributed by atoms with van der Waals surface area (Å²) in [6.07, 6.45) is 5.19. The van der Waals surface area contributed by atoms with Gasteiger partial charge in [0.05, 0.1) is 0 Å². The number of aryl methyl sites for hydroxylation is 1. The van der Waals surface area contributed by atoms with E-state index in [4.69, 9.17) is 5.73 Å². The molecule has 1 saturated carbocycles. The second-order valence-electron chi connectivity index (χ2n) is 5.05. The van der Waals surface area contributed by atoms with E-state index in [1.54, 1.807) is 0 Å². The molecule has 0 bridgehead atoms. The Morgan fingerprint density at radius 1 is 1.37 bits per heavy atom. The number of rotatable bonds is 5. The number of benzene rings is 1. The number of hydrogen-bond acceptors (Lipinski definition) is 4. The predicted octanol–water partition coefficient (Wildman–Crippen LogP) is 2.88. The number of aromatic nitrogens is 4. The quantitative estimate of drug-likeness (QED) is 0.860. The van der Waals surface area contributed by atoms with Crippen LogP contribution in [0.5, 0.6) is 0 Å². The number of nitrogens with two attached hydrogens (primary N) is 1. The van der Waals surface area contributed by atoms with Crippen LogP contribution in [-0.2, 0) is 6.54 Å². The Kier molecular flexibility index (Phi) is 3.50. The molecule has 6 heteroatoms. The highest BCUT2D eigenvalue weighted by Gasteiger charge is 2.20. The molecule has 1 fully saturated rings. The maximum absolute atomic E-state index is 5.83. The van der Waals surface area contributed by atoms with Gasteiger partial charge in [0.15, 0.2) is 5.82 Å². The van der Waals surface area contributed by atoms with Crippen LogP contribution in [0, 0.1) is 5.92 Å². The molecule has 19 heavy (non-hydrogen) atoms. The predicted molar refractivity (Wildman–Crippen MR) is 77.3 cm³/mol. The van der Waals surface area contributed by atoms with Crippen molar-refractivity contribution in [2.24, 2.45) is 5.92 Å². The SMILES string of the molecule is Nc1ccc(Br)c(-c2nnnn2CCCC2CC2)c1. The minimum absolute atomic E-state index is 0.714. The van der Waals surface area contributed by atoms with Gasteiger partial charge in [-0.3, -0.25) is 0 Å². The summed E-state index contributed by atoms with van der Waals surface area (Å²) in [4.78, 5) is 0. The summed E-state index contributed by atoms with van der Waals surface area (Å²) < 4.78 is 2.82. The Bertz CT molecular complexity index is 576. The molecule has 2 aromatic rings. The molecule has 1 aromatic heterocycles. The second-order valence-corrected chi connectivity index (χ2v) is 5.90. The zero-order valence-corrected chi connectivity index (χ0v) is 12.2. The highest BCUT2D eigenvalue weighted by Crippen LogP contribution is 2.34. The molecule has 1 heterocycles. The Balaban J connectivity index is 1.79. The van der Waals surface area contributed by atoms with E-state index in [-0.39, 0.29) is 0 Å². The Morgan fingerprint density at radius 3 is 3.00 bits per heavy atom. The van der Waals surface area contributed by atoms with Gasteiger partial charge in [0, 0.05) is 22.3 Å². The van der Waals surface area contributed by atoms with Crippen LogP contribution in [0.25, 0.3) is 11.4 Å². The first kappa shape index (κ1) is 12.6. The normalized spacial score (nSPS) is 14.8. The summed E-state index contributed by atoms with van der Waals surface area (Å²) in [7, 11) is 0. The van der Waals surface area contributed by atoms with Gasteiger partial charge in [-0.05, 0) is 47.4 Å². The Labute approximate surface area is 120 Å². The number of nitrogen functional groups attached to an aromatic ring is 1. The van der Waals surface area contributed by atoms with Gasteiger partial charge in [-0.15, -0.1) is 5.10 Å². The third-order valence-electron chi connectivity index (χ3n) is 3.44. The summed E-state index contributed by atoms with van der Waals surface area (Å²) in [5.41, 5.74) is 7.49. The number of hydrogen-bond donors (Lipinski definition) is 1. The lowest BCUT2D eigenvalue weighted by atomic mass is 10.2. The van der Waals surface area contributed by atoms with Gasteiger partial charge in [-0.2, -0.15) is 0 Å². The molecule has 100 valence electrons. The lowest BCUT2D eigenvalue weighted by Crippen LogP contribution is -2.04. The third-order valence-corrected chi connectivity index (χ3v) is 4.13. The number of halogens is 1. The van der Waals surface area contributed by atoms with Crippen LogP contribution in [0.3, 0.4) is 0 Å². The summed E-state index contributed by atoms with van der Waals surface area (Å²) >= 11 is 3.52. The fourth-order valence-electron chi connectivity index (χ4n) is 2.20. The van der Waals surface area contributed by atoms with E-state index in [0.717, 1.165) is 34.7 Å². The van der Waals surface area contributed by atoms with Crippen LogP contribution < -0.4 is 5.73 Å². The Hall–Kier alpha value is -1.43. The van der Waals surface area contributed by atoms with Gasteiger partial charge in [-0.25, -0.2) is 4.68 Å². The fraction of sp³-hybridized carbons (Fsp3) is 0.462. The summed E-state index contributed by atoms with van der Waals surface area (Å²) in [6, 6.07) is 5.68. The molecule has 5 nitrogen and oxygen atoms in total. The smallest absolute Gasteiger partial charge is 0.183 e. The number of tetrazole rings is 1. The third kappa shape index (κ3) is 2.94. The van der Waals surface area contributed by atoms with Gasteiger partial charge < -0.3 is 5.73 Å². The molecular weight excluding hydrogens is 306 g/mol. The van der Waals surface area contributed by atoms with Crippen molar-refractivity contribution in [3.8, 4) is 11.4 Å². The van der Waals surface area contributed by atoms with Gasteiger partial charge in [0.25, 0.3) is 0 Å². The van der Waals surface area contributed by atoms with Crippen molar-refractivity contribution in [2.45, 2.75) is 32.2 Å². The van der Waals surface area contributed by atoms with Gasteiger partial charge in [0.1, 0.15) is 0 Å². The van der Waals surface area contributed by atoms with E-state index < -0.39 is 0 Å². The van der Waals surface area contributed by atoms with Crippen molar-refractivity contribution in [3.05, 3.63) is 22.7 Å². The maximum Gasteiger partial charge on any atom is 0.183 e. The minimum atomic E-state index is 0.714. The van der Waals surface area contributed by atoms with Gasteiger partial charge in [-0.1, -0.05) is 28.8 Å². The largest absolute Gasteiger partial charge is 0.399 e. The van der Waals surface area contributed by atoms with Crippen LogP contribution in [-0.4, -0.2) is 20.2 Å². The van der Waals surface area contributed by atoms with E-state index in [1.807, 2.05) is 22.9 Å². The maximum atomic E-state index is 5.83. The molecule has 0 radical (unpaired) electrons. The monoisotopic (exact) mass is 321 g/mol. The van der Waals surface area contributed by atoms with Crippen molar-refractivity contribution < 1.29 is 0 Å². The molecule has 0 unspecified atom stereocenters. The summed E-state index contributed by atoms with van der Waals surface area (Å²) in [5, 5.41) is 12.0. The zero-order valence-electron chi connectivity index (χ0n) is 10.6. The van der Waals surface area contributed by atoms with E-state index >= 15 is 0 Å². The zero-order chi connectivity index (χ0) is 13.2. The first-order valence-corrected chi connectivity index (χ1v) is 7.35. The number of anilines is 1. The van der Waals surface area contributed by atoms with E-state index in [2.05, 4.69) is 31.5 Å². The van der Waals surface area contributed by atoms with Crippen LogP contribution in [0.1, 0.15) is 25.7 Å². The molecule has 0 spiro atoms. The van der Waals surface area contributed by atoms with Crippen LogP contribution in [0.4, 0.5) is 5.69 Å². The molecule has 0 aliphatic heterocycles. The molecule has 0 amide bonds. The molecule has 3 rings (SSSR count). The molecule has 1 aliphatic carbocycles. The highest BCUT2D eigenvalue weighted by atomic mass is 79.9. The van der Waals surface area contributed by atoms with Gasteiger partial charge >= 0.3 is 0 Å². The summed E-state index contributed by atoms with van der Waals surface area (Å²) in [5.74, 6) is 1.72. The van der Waals surface area contributed by atoms with E-state index in [0.29, 0.717) is 5.69 Å². The number of nitrogens with zero attached hydrogens (tertiary/aromatic N) is 4. The molecule has 0 saturated heterocycles. The standard InChI is InChI=1S/C13H16BrN5/c14-12-6-5-10(15)8-11(12)13-16-17-18-19(13)7-1-2-9-3-4-9/h5-6,8-9H,1-4,7,15H2. The molecule has 0 atom stereocenters. The van der Waals surface area contributed by atoms with Crippen molar-refractivity contribution >= 4 is 21.6 Å². The van der Waals surface area contributed by atoms with Gasteiger partial charge in [0.2, 0.25) is 0 Å². The highest BCUT2D eigenvalue weighted by molar-refractivity contribution is 9.10. The van der Waals surface area contributed by atoms with Crippen LogP contribution in [0.2, 0.25) is 0 Å². The van der Waals surface area contributed by atoms with Crippen molar-refractivity contribution in [1.29, 1.82) is 0 Å². The second kappa shape index (κ2) is 5.28. The lowest BCUT2D eigenvalue weighted by Gasteiger charge is -2.07. The molecule has 2 N–H and O–H groups in total. The average molecular weight is 322 g/mol. The average Bonchev–Trinajstić information content (AvgIpc) is 3.10. The van der Waals surface area contributed by atoms with Crippen molar-refractivity contribution in [3.63, 3.8) is 0 Å². The topological polar surface area (TPSA) is 69.6 Å². The van der Waals surface area contributed by atoms with E-state index in [9.17, 15) is 0 Å². The molecule has 1 aromatic carbocycles. The molecule has 1 aliphatic rings. The molecular formula is C13H16BrN5. The Morgan fingerprint density at radius 2 is 2.21 bits per heavy atom. The minimum Gasteiger partial charge on any atom is -0.399 e.